The lowest BCUT2D eigenvalue weighted by Gasteiger charge is -2.11. The van der Waals surface area contributed by atoms with Crippen molar-refractivity contribution in [2.24, 2.45) is 0 Å². The first-order chi connectivity index (χ1) is 10.7. The molecule has 0 saturated carbocycles. The second-order valence-corrected chi connectivity index (χ2v) is 8.10. The Kier molecular flexibility index (Phi) is 3.91. The molecule has 23 heavy (non-hydrogen) atoms. The van der Waals surface area contributed by atoms with Crippen LogP contribution in [-0.4, -0.2) is 17.4 Å². The van der Waals surface area contributed by atoms with Gasteiger partial charge in [0.05, 0.1) is 16.1 Å². The largest absolute Gasteiger partial charge is 0.270 e. The number of aryl methyl sites for hydroxylation is 3. The van der Waals surface area contributed by atoms with Crippen molar-refractivity contribution in [1.82, 2.24) is 8.96 Å². The number of aromatic nitrogens is 2. The van der Waals surface area contributed by atoms with Gasteiger partial charge in [-0.05, 0) is 61.7 Å². The van der Waals surface area contributed by atoms with E-state index in [4.69, 9.17) is 23.2 Å². The number of benzene rings is 2. The van der Waals surface area contributed by atoms with Gasteiger partial charge in [0, 0.05) is 5.02 Å². The standard InChI is InChI=1S/C16H14Cl2N2O2S/c1-9-4-14-15(5-10(9)2)20(8-19-14)23(21,22)16-6-11(3)12(17)7-13(16)18/h4-8H,1-3H3. The van der Waals surface area contributed by atoms with Gasteiger partial charge >= 0.3 is 0 Å². The number of rotatable bonds is 2. The Labute approximate surface area is 144 Å². The fraction of sp³-hybridized carbons (Fsp3) is 0.188. The van der Waals surface area contributed by atoms with Crippen LogP contribution in [0.3, 0.4) is 0 Å². The maximum Gasteiger partial charge on any atom is 0.270 e. The third-order valence-electron chi connectivity index (χ3n) is 3.88. The molecule has 0 radical (unpaired) electrons. The lowest BCUT2D eigenvalue weighted by Crippen LogP contribution is -2.13. The molecule has 3 rings (SSSR count). The van der Waals surface area contributed by atoms with Gasteiger partial charge in [0.2, 0.25) is 0 Å². The quantitative estimate of drug-likeness (QED) is 0.668. The number of nitrogens with zero attached hydrogens (tertiary/aromatic N) is 2. The molecule has 120 valence electrons. The van der Waals surface area contributed by atoms with E-state index >= 15 is 0 Å². The third kappa shape index (κ3) is 2.63. The minimum Gasteiger partial charge on any atom is -0.236 e. The zero-order valence-corrected chi connectivity index (χ0v) is 15.1. The molecule has 0 aliphatic heterocycles. The highest BCUT2D eigenvalue weighted by Gasteiger charge is 2.23. The molecule has 0 aliphatic carbocycles. The van der Waals surface area contributed by atoms with Crippen LogP contribution < -0.4 is 0 Å². The summed E-state index contributed by atoms with van der Waals surface area (Å²) in [5.74, 6) is 0. The molecule has 7 heteroatoms. The molecule has 0 N–H and O–H groups in total. The first kappa shape index (κ1) is 16.3. The van der Waals surface area contributed by atoms with Crippen LogP contribution >= 0.6 is 23.2 Å². The normalized spacial score (nSPS) is 12.0. The Balaban J connectivity index is 2.29. The first-order valence-electron chi connectivity index (χ1n) is 6.87. The van der Waals surface area contributed by atoms with E-state index in [1.807, 2.05) is 26.0 Å². The minimum atomic E-state index is -3.86. The van der Waals surface area contributed by atoms with E-state index < -0.39 is 10.0 Å². The van der Waals surface area contributed by atoms with Crippen LogP contribution in [0.5, 0.6) is 0 Å². The lowest BCUT2D eigenvalue weighted by molar-refractivity contribution is 0.588. The van der Waals surface area contributed by atoms with Crippen molar-refractivity contribution >= 4 is 44.3 Å². The van der Waals surface area contributed by atoms with Gasteiger partial charge in [-0.25, -0.2) is 17.4 Å². The molecule has 0 spiro atoms. The van der Waals surface area contributed by atoms with Gasteiger partial charge in [0.1, 0.15) is 11.2 Å². The molecule has 1 heterocycles. The molecular formula is C16H14Cl2N2O2S. The van der Waals surface area contributed by atoms with Crippen molar-refractivity contribution in [3.05, 3.63) is 57.3 Å². The molecule has 0 unspecified atom stereocenters. The molecule has 2 aromatic carbocycles. The first-order valence-corrected chi connectivity index (χ1v) is 9.07. The number of fused-ring (bicyclic) bond motifs is 1. The van der Waals surface area contributed by atoms with Crippen molar-refractivity contribution < 1.29 is 8.42 Å². The highest BCUT2D eigenvalue weighted by molar-refractivity contribution is 7.90. The van der Waals surface area contributed by atoms with Crippen LogP contribution in [0.4, 0.5) is 0 Å². The van der Waals surface area contributed by atoms with Gasteiger partial charge in [0.25, 0.3) is 10.0 Å². The predicted octanol–water partition coefficient (Wildman–Crippen LogP) is 4.51. The fourth-order valence-corrected chi connectivity index (χ4v) is 4.46. The van der Waals surface area contributed by atoms with Crippen LogP contribution in [0.25, 0.3) is 11.0 Å². The van der Waals surface area contributed by atoms with Crippen LogP contribution in [0.1, 0.15) is 16.7 Å². The average molecular weight is 369 g/mol. The summed E-state index contributed by atoms with van der Waals surface area (Å²) < 4.78 is 27.1. The minimum absolute atomic E-state index is 0.0126. The van der Waals surface area contributed by atoms with Gasteiger partial charge in [0.15, 0.2) is 0 Å². The van der Waals surface area contributed by atoms with Crippen LogP contribution in [0.2, 0.25) is 10.0 Å². The summed E-state index contributed by atoms with van der Waals surface area (Å²) in [6.45, 7) is 5.62. The summed E-state index contributed by atoms with van der Waals surface area (Å²) in [6, 6.07) is 6.60. The van der Waals surface area contributed by atoms with Crippen LogP contribution in [0.15, 0.2) is 35.5 Å². The summed E-state index contributed by atoms with van der Waals surface area (Å²) in [5.41, 5.74) is 3.84. The highest BCUT2D eigenvalue weighted by Crippen LogP contribution is 2.31. The topological polar surface area (TPSA) is 52.0 Å². The van der Waals surface area contributed by atoms with E-state index in [0.717, 1.165) is 15.1 Å². The molecule has 0 fully saturated rings. The van der Waals surface area contributed by atoms with Gasteiger partial charge in [-0.3, -0.25) is 0 Å². The molecule has 0 amide bonds. The fourth-order valence-electron chi connectivity index (χ4n) is 2.37. The van der Waals surface area contributed by atoms with Gasteiger partial charge in [-0.1, -0.05) is 23.2 Å². The van der Waals surface area contributed by atoms with Gasteiger partial charge in [-0.2, -0.15) is 0 Å². The molecule has 3 aromatic rings. The van der Waals surface area contributed by atoms with Gasteiger partial charge < -0.3 is 0 Å². The van der Waals surface area contributed by atoms with Crippen LogP contribution in [0, 0.1) is 20.8 Å². The average Bonchev–Trinajstić information content (AvgIpc) is 2.86. The van der Waals surface area contributed by atoms with Crippen molar-refractivity contribution in [1.29, 1.82) is 0 Å². The van der Waals surface area contributed by atoms with E-state index in [2.05, 4.69) is 4.98 Å². The monoisotopic (exact) mass is 368 g/mol. The Morgan fingerprint density at radius 3 is 2.26 bits per heavy atom. The summed E-state index contributed by atoms with van der Waals surface area (Å²) in [7, 11) is -3.86. The summed E-state index contributed by atoms with van der Waals surface area (Å²) in [6.07, 6.45) is 1.30. The van der Waals surface area contributed by atoms with Crippen molar-refractivity contribution in [2.75, 3.05) is 0 Å². The van der Waals surface area contributed by atoms with Crippen molar-refractivity contribution in [3.8, 4) is 0 Å². The van der Waals surface area contributed by atoms with E-state index in [9.17, 15) is 8.42 Å². The van der Waals surface area contributed by atoms with Crippen molar-refractivity contribution in [3.63, 3.8) is 0 Å². The Morgan fingerprint density at radius 1 is 0.913 bits per heavy atom. The Morgan fingerprint density at radius 2 is 1.57 bits per heavy atom. The van der Waals surface area contributed by atoms with E-state index in [-0.39, 0.29) is 9.92 Å². The summed E-state index contributed by atoms with van der Waals surface area (Å²) in [5, 5.41) is 0.516. The second-order valence-electron chi connectivity index (χ2n) is 5.50. The maximum atomic E-state index is 13.0. The van der Waals surface area contributed by atoms with Gasteiger partial charge in [-0.15, -0.1) is 0 Å². The number of halogens is 2. The van der Waals surface area contributed by atoms with E-state index in [0.29, 0.717) is 21.6 Å². The molecular weight excluding hydrogens is 355 g/mol. The second kappa shape index (κ2) is 5.51. The number of hydrogen-bond donors (Lipinski definition) is 0. The highest BCUT2D eigenvalue weighted by atomic mass is 35.5. The van der Waals surface area contributed by atoms with E-state index in [1.54, 1.807) is 6.92 Å². The third-order valence-corrected chi connectivity index (χ3v) is 6.41. The molecule has 0 atom stereocenters. The lowest BCUT2D eigenvalue weighted by atomic mass is 10.1. The molecule has 0 aliphatic rings. The summed E-state index contributed by atoms with van der Waals surface area (Å²) in [4.78, 5) is 4.21. The Hall–Kier alpha value is -1.56. The zero-order chi connectivity index (χ0) is 16.9. The Bertz CT molecular complexity index is 1040. The molecule has 0 saturated heterocycles. The molecule has 1 aromatic heterocycles. The number of hydrogen-bond acceptors (Lipinski definition) is 3. The SMILES string of the molecule is Cc1cc2ncn(S(=O)(=O)c3cc(C)c(Cl)cc3Cl)c2cc1C. The molecule has 4 nitrogen and oxygen atoms in total. The van der Waals surface area contributed by atoms with Crippen LogP contribution in [-0.2, 0) is 10.0 Å². The summed E-state index contributed by atoms with van der Waals surface area (Å²) >= 11 is 12.1. The zero-order valence-electron chi connectivity index (χ0n) is 12.8. The van der Waals surface area contributed by atoms with Crippen molar-refractivity contribution in [2.45, 2.75) is 25.7 Å². The maximum absolute atomic E-state index is 13.0. The molecule has 0 bridgehead atoms. The smallest absolute Gasteiger partial charge is 0.236 e. The number of imidazole rings is 1. The predicted molar refractivity (Wildman–Crippen MR) is 93.0 cm³/mol. The van der Waals surface area contributed by atoms with E-state index in [1.165, 1.54) is 18.5 Å².